The smallest absolute Gasteiger partial charge is 0.287 e. The molecule has 0 aromatic carbocycles. The van der Waals surface area contributed by atoms with Crippen LogP contribution in [0.25, 0.3) is 0 Å². The number of carbonyl (C=O) groups is 1. The summed E-state index contributed by atoms with van der Waals surface area (Å²) in [5.41, 5.74) is 0.0665. The van der Waals surface area contributed by atoms with Gasteiger partial charge in [0.1, 0.15) is 10.7 Å². The fraction of sp³-hybridized carbons (Fsp3) is 0.615. The molecule has 1 atom stereocenters. The summed E-state index contributed by atoms with van der Waals surface area (Å²) in [6.45, 7) is 10.2. The Morgan fingerprint density at radius 2 is 2.00 bits per heavy atom. The van der Waals surface area contributed by atoms with Gasteiger partial charge in [-0.1, -0.05) is 27.7 Å². The van der Waals surface area contributed by atoms with Crippen molar-refractivity contribution >= 4 is 25.6 Å². The SMILES string of the molecule is Cc1oc(C(=O)NCC(C)C(C)(C)C)cc1S(=O)(=O)Cl. The van der Waals surface area contributed by atoms with E-state index in [1.807, 2.05) is 6.92 Å². The molecule has 0 aliphatic heterocycles. The molecule has 5 nitrogen and oxygen atoms in total. The average molecular weight is 322 g/mol. The monoisotopic (exact) mass is 321 g/mol. The van der Waals surface area contributed by atoms with Crippen molar-refractivity contribution in [2.75, 3.05) is 6.54 Å². The molecule has 0 saturated carbocycles. The first-order valence-electron chi connectivity index (χ1n) is 6.26. The Hall–Kier alpha value is -1.01. The molecule has 1 heterocycles. The maximum atomic E-state index is 11.9. The molecular formula is C13H20ClNO4S. The molecule has 1 rings (SSSR count). The van der Waals surface area contributed by atoms with Gasteiger partial charge in [-0.2, -0.15) is 0 Å². The summed E-state index contributed by atoms with van der Waals surface area (Å²) in [5.74, 6) is -0.133. The zero-order valence-corrected chi connectivity index (χ0v) is 13.9. The normalized spacial score (nSPS) is 14.1. The van der Waals surface area contributed by atoms with Crippen molar-refractivity contribution in [1.82, 2.24) is 5.32 Å². The minimum atomic E-state index is -3.90. The quantitative estimate of drug-likeness (QED) is 0.865. The van der Waals surface area contributed by atoms with Crippen LogP contribution in [0.3, 0.4) is 0 Å². The molecule has 0 fully saturated rings. The molecule has 1 amide bonds. The summed E-state index contributed by atoms with van der Waals surface area (Å²) in [7, 11) is 1.35. The average Bonchev–Trinajstić information content (AvgIpc) is 2.66. The van der Waals surface area contributed by atoms with Crippen LogP contribution in [0.4, 0.5) is 0 Å². The van der Waals surface area contributed by atoms with E-state index in [1.54, 1.807) is 0 Å². The van der Waals surface area contributed by atoms with E-state index in [9.17, 15) is 13.2 Å². The molecular weight excluding hydrogens is 302 g/mol. The van der Waals surface area contributed by atoms with E-state index in [-0.39, 0.29) is 27.7 Å². The van der Waals surface area contributed by atoms with Crippen LogP contribution in [0, 0.1) is 18.3 Å². The number of amides is 1. The van der Waals surface area contributed by atoms with E-state index in [0.717, 1.165) is 6.07 Å². The second kappa shape index (κ2) is 5.77. The predicted molar refractivity (Wildman–Crippen MR) is 77.4 cm³/mol. The van der Waals surface area contributed by atoms with Gasteiger partial charge in [0.05, 0.1) is 0 Å². The number of rotatable bonds is 4. The summed E-state index contributed by atoms with van der Waals surface area (Å²) < 4.78 is 27.7. The van der Waals surface area contributed by atoms with Crippen LogP contribution in [0.2, 0.25) is 0 Å². The highest BCUT2D eigenvalue weighted by Crippen LogP contribution is 2.25. The van der Waals surface area contributed by atoms with Gasteiger partial charge in [0.2, 0.25) is 0 Å². The molecule has 114 valence electrons. The van der Waals surface area contributed by atoms with Gasteiger partial charge in [-0.3, -0.25) is 4.79 Å². The Bertz CT molecular complexity index is 598. The Balaban J connectivity index is 2.80. The third-order valence-electron chi connectivity index (χ3n) is 3.41. The van der Waals surface area contributed by atoms with Crippen molar-refractivity contribution in [2.45, 2.75) is 39.5 Å². The van der Waals surface area contributed by atoms with Gasteiger partial charge < -0.3 is 9.73 Å². The van der Waals surface area contributed by atoms with Gasteiger partial charge in [0.25, 0.3) is 15.0 Å². The van der Waals surface area contributed by atoms with E-state index in [0.29, 0.717) is 6.54 Å². The lowest BCUT2D eigenvalue weighted by Crippen LogP contribution is -2.33. The van der Waals surface area contributed by atoms with E-state index >= 15 is 0 Å². The number of aryl methyl sites for hydroxylation is 1. The second-order valence-electron chi connectivity index (χ2n) is 5.95. The van der Waals surface area contributed by atoms with Crippen LogP contribution >= 0.6 is 10.7 Å². The molecule has 1 N–H and O–H groups in total. The summed E-state index contributed by atoms with van der Waals surface area (Å²) >= 11 is 0. The predicted octanol–water partition coefficient (Wildman–Crippen LogP) is 2.93. The Morgan fingerprint density at radius 1 is 1.45 bits per heavy atom. The topological polar surface area (TPSA) is 76.4 Å². The molecule has 0 spiro atoms. The lowest BCUT2D eigenvalue weighted by Gasteiger charge is -2.27. The van der Waals surface area contributed by atoms with Crippen molar-refractivity contribution in [3.63, 3.8) is 0 Å². The summed E-state index contributed by atoms with van der Waals surface area (Å²) in [4.78, 5) is 11.8. The number of furan rings is 1. The van der Waals surface area contributed by atoms with Gasteiger partial charge in [0.15, 0.2) is 5.76 Å². The standard InChI is InChI=1S/C13H20ClNO4S/c1-8(13(3,4)5)7-15-12(16)10-6-11(9(2)19-10)20(14,17)18/h6,8H,7H2,1-5H3,(H,15,16). The molecule has 0 aliphatic rings. The second-order valence-corrected chi connectivity index (χ2v) is 8.48. The largest absolute Gasteiger partial charge is 0.455 e. The highest BCUT2D eigenvalue weighted by Gasteiger charge is 2.24. The van der Waals surface area contributed by atoms with Crippen LogP contribution in [-0.4, -0.2) is 20.9 Å². The number of hydrogen-bond acceptors (Lipinski definition) is 4. The lowest BCUT2D eigenvalue weighted by atomic mass is 9.82. The van der Waals surface area contributed by atoms with Gasteiger partial charge in [-0.05, 0) is 18.3 Å². The van der Waals surface area contributed by atoms with Crippen molar-refractivity contribution in [3.05, 3.63) is 17.6 Å². The fourth-order valence-electron chi connectivity index (χ4n) is 1.46. The summed E-state index contributed by atoms with van der Waals surface area (Å²) in [6, 6.07) is 1.15. The van der Waals surface area contributed by atoms with Gasteiger partial charge >= 0.3 is 0 Å². The minimum absolute atomic E-state index is 0.0529. The van der Waals surface area contributed by atoms with E-state index < -0.39 is 15.0 Å². The van der Waals surface area contributed by atoms with Crippen LogP contribution in [0.5, 0.6) is 0 Å². The molecule has 0 bridgehead atoms. The summed E-state index contributed by atoms with van der Waals surface area (Å²) in [5, 5.41) is 2.73. The van der Waals surface area contributed by atoms with Gasteiger partial charge in [-0.25, -0.2) is 8.42 Å². The highest BCUT2D eigenvalue weighted by atomic mass is 35.7. The first-order valence-corrected chi connectivity index (χ1v) is 8.57. The zero-order valence-electron chi connectivity index (χ0n) is 12.3. The maximum absolute atomic E-state index is 11.9. The Morgan fingerprint density at radius 3 is 2.40 bits per heavy atom. The van der Waals surface area contributed by atoms with E-state index in [2.05, 4.69) is 26.1 Å². The van der Waals surface area contributed by atoms with Gasteiger partial charge in [-0.15, -0.1) is 0 Å². The molecule has 1 unspecified atom stereocenters. The number of carbonyl (C=O) groups excluding carboxylic acids is 1. The molecule has 1 aromatic rings. The first kappa shape index (κ1) is 17.0. The number of nitrogens with one attached hydrogen (secondary N) is 1. The van der Waals surface area contributed by atoms with Crippen molar-refractivity contribution < 1.29 is 17.6 Å². The summed E-state index contributed by atoms with van der Waals surface area (Å²) in [6.07, 6.45) is 0. The molecule has 7 heteroatoms. The third kappa shape index (κ3) is 4.24. The molecule has 0 aliphatic carbocycles. The zero-order chi connectivity index (χ0) is 15.7. The van der Waals surface area contributed by atoms with Crippen LogP contribution in [-0.2, 0) is 9.05 Å². The van der Waals surface area contributed by atoms with Crippen LogP contribution in [0.15, 0.2) is 15.4 Å². The molecule has 1 aromatic heterocycles. The fourth-order valence-corrected chi connectivity index (χ4v) is 2.55. The van der Waals surface area contributed by atoms with Crippen LogP contribution in [0.1, 0.15) is 44.0 Å². The van der Waals surface area contributed by atoms with E-state index in [4.69, 9.17) is 15.1 Å². The van der Waals surface area contributed by atoms with E-state index in [1.165, 1.54) is 6.92 Å². The van der Waals surface area contributed by atoms with Crippen LogP contribution < -0.4 is 5.32 Å². The Labute approximate surface area is 124 Å². The van der Waals surface area contributed by atoms with Crippen molar-refractivity contribution in [2.24, 2.45) is 11.3 Å². The maximum Gasteiger partial charge on any atom is 0.287 e. The minimum Gasteiger partial charge on any atom is -0.455 e. The lowest BCUT2D eigenvalue weighted by molar-refractivity contribution is 0.0908. The number of hydrogen-bond donors (Lipinski definition) is 1. The Kier molecular flexibility index (Phi) is 4.92. The van der Waals surface area contributed by atoms with Crippen molar-refractivity contribution in [3.8, 4) is 0 Å². The number of halogens is 1. The highest BCUT2D eigenvalue weighted by molar-refractivity contribution is 8.13. The first-order chi connectivity index (χ1) is 8.93. The van der Waals surface area contributed by atoms with Crippen molar-refractivity contribution in [1.29, 1.82) is 0 Å². The molecule has 0 saturated heterocycles. The van der Waals surface area contributed by atoms with Gasteiger partial charge in [0, 0.05) is 23.3 Å². The third-order valence-corrected chi connectivity index (χ3v) is 4.84. The molecule has 0 radical (unpaired) electrons. The molecule has 20 heavy (non-hydrogen) atoms.